The molecule has 1 heterocycles. The number of ether oxygens (including phenoxy) is 1. The highest BCUT2D eigenvalue weighted by Crippen LogP contribution is 2.18. The Morgan fingerprint density at radius 3 is 2.73 bits per heavy atom. The fraction of sp³-hybridized carbons (Fsp3) is 0.714. The van der Waals surface area contributed by atoms with Crippen molar-refractivity contribution < 1.29 is 14.3 Å². The minimum Gasteiger partial charge on any atom is -0.464 e. The number of hydrogen-bond donors (Lipinski definition) is 1. The number of cyclic esters (lactones) is 1. The zero-order valence-electron chi connectivity index (χ0n) is 6.64. The average Bonchev–Trinajstić information content (AvgIpc) is 2.11. The molecule has 1 atom stereocenters. The molecule has 4 heteroatoms. The van der Waals surface area contributed by atoms with Crippen LogP contribution in [0.15, 0.2) is 0 Å². The predicted molar refractivity (Wildman–Crippen MR) is 37.8 cm³/mol. The van der Waals surface area contributed by atoms with Gasteiger partial charge in [-0.2, -0.15) is 0 Å². The third-order valence-electron chi connectivity index (χ3n) is 1.74. The molecule has 1 saturated heterocycles. The molecule has 62 valence electrons. The van der Waals surface area contributed by atoms with E-state index in [9.17, 15) is 9.59 Å². The molecule has 0 aromatic rings. The van der Waals surface area contributed by atoms with Crippen molar-refractivity contribution >= 4 is 11.9 Å². The Balaban J connectivity index is 2.65. The lowest BCUT2D eigenvalue weighted by Gasteiger charge is -2.18. The molecule has 1 N–H and O–H groups in total. The predicted octanol–water partition coefficient (Wildman–Crippen LogP) is -0.172. The number of amides is 1. The van der Waals surface area contributed by atoms with E-state index in [2.05, 4.69) is 5.32 Å². The molecule has 11 heavy (non-hydrogen) atoms. The van der Waals surface area contributed by atoms with Crippen LogP contribution in [-0.2, 0) is 14.3 Å². The van der Waals surface area contributed by atoms with Crippen LogP contribution in [0.1, 0.15) is 20.3 Å². The normalized spacial score (nSPS) is 29.8. The second-order valence-electron chi connectivity index (χ2n) is 2.90. The molecular formula is C7H11NO3. The van der Waals surface area contributed by atoms with E-state index in [1.54, 1.807) is 6.92 Å². The summed E-state index contributed by atoms with van der Waals surface area (Å²) in [7, 11) is 0. The highest BCUT2D eigenvalue weighted by Gasteiger charge is 2.40. The lowest BCUT2D eigenvalue weighted by Crippen LogP contribution is -2.48. The Kier molecular flexibility index (Phi) is 1.85. The van der Waals surface area contributed by atoms with Gasteiger partial charge in [0, 0.05) is 13.3 Å². The van der Waals surface area contributed by atoms with Gasteiger partial charge in [0.05, 0.1) is 6.61 Å². The minimum absolute atomic E-state index is 0.202. The molecule has 1 aliphatic heterocycles. The van der Waals surface area contributed by atoms with Gasteiger partial charge in [-0.1, -0.05) is 0 Å². The van der Waals surface area contributed by atoms with Gasteiger partial charge in [-0.05, 0) is 6.92 Å². The van der Waals surface area contributed by atoms with Gasteiger partial charge >= 0.3 is 5.97 Å². The molecule has 0 radical (unpaired) electrons. The molecule has 1 amide bonds. The zero-order chi connectivity index (χ0) is 8.48. The Morgan fingerprint density at radius 2 is 2.36 bits per heavy atom. The third kappa shape index (κ3) is 1.50. The van der Waals surface area contributed by atoms with E-state index in [1.165, 1.54) is 6.92 Å². The molecule has 1 rings (SSSR count). The fourth-order valence-corrected chi connectivity index (χ4v) is 1.11. The standard InChI is InChI=1S/C7H11NO3/c1-5(9)8-7(2)3-4-11-6(7)10/h3-4H2,1-2H3,(H,8,9)/t7-/m0/s1. The SMILES string of the molecule is CC(=O)N[C@@]1(C)CCOC1=O. The number of esters is 1. The van der Waals surface area contributed by atoms with Gasteiger partial charge in [0.15, 0.2) is 0 Å². The first kappa shape index (κ1) is 8.04. The Morgan fingerprint density at radius 1 is 1.73 bits per heavy atom. The van der Waals surface area contributed by atoms with Crippen LogP contribution in [0.4, 0.5) is 0 Å². The van der Waals surface area contributed by atoms with Crippen molar-refractivity contribution in [1.82, 2.24) is 5.32 Å². The van der Waals surface area contributed by atoms with Crippen molar-refractivity contribution in [2.45, 2.75) is 25.8 Å². The second kappa shape index (κ2) is 2.53. The summed E-state index contributed by atoms with van der Waals surface area (Å²) in [5.41, 5.74) is -0.786. The molecule has 0 aromatic heterocycles. The van der Waals surface area contributed by atoms with Crippen molar-refractivity contribution in [1.29, 1.82) is 0 Å². The molecule has 0 aliphatic carbocycles. The van der Waals surface area contributed by atoms with E-state index in [0.29, 0.717) is 13.0 Å². The maximum Gasteiger partial charge on any atom is 0.331 e. The Hall–Kier alpha value is -1.06. The van der Waals surface area contributed by atoms with Crippen molar-refractivity contribution in [3.8, 4) is 0 Å². The van der Waals surface area contributed by atoms with Crippen LogP contribution < -0.4 is 5.32 Å². The number of hydrogen-bond acceptors (Lipinski definition) is 3. The van der Waals surface area contributed by atoms with Gasteiger partial charge in [-0.15, -0.1) is 0 Å². The lowest BCUT2D eigenvalue weighted by atomic mass is 10.0. The van der Waals surface area contributed by atoms with E-state index < -0.39 is 5.54 Å². The van der Waals surface area contributed by atoms with Crippen LogP contribution in [0, 0.1) is 0 Å². The van der Waals surface area contributed by atoms with Gasteiger partial charge in [-0.3, -0.25) is 4.79 Å². The largest absolute Gasteiger partial charge is 0.464 e. The van der Waals surface area contributed by atoms with E-state index >= 15 is 0 Å². The fourth-order valence-electron chi connectivity index (χ4n) is 1.11. The summed E-state index contributed by atoms with van der Waals surface area (Å²) in [6, 6.07) is 0. The summed E-state index contributed by atoms with van der Waals surface area (Å²) in [5.74, 6) is -0.543. The highest BCUT2D eigenvalue weighted by molar-refractivity contribution is 5.87. The van der Waals surface area contributed by atoms with Crippen LogP contribution in [-0.4, -0.2) is 24.0 Å². The maximum atomic E-state index is 11.0. The zero-order valence-corrected chi connectivity index (χ0v) is 6.64. The third-order valence-corrected chi connectivity index (χ3v) is 1.74. The van der Waals surface area contributed by atoms with Crippen molar-refractivity contribution in [2.24, 2.45) is 0 Å². The average molecular weight is 157 g/mol. The van der Waals surface area contributed by atoms with Gasteiger partial charge < -0.3 is 10.1 Å². The van der Waals surface area contributed by atoms with Gasteiger partial charge in [0.25, 0.3) is 0 Å². The van der Waals surface area contributed by atoms with Crippen LogP contribution in [0.5, 0.6) is 0 Å². The number of nitrogens with one attached hydrogen (secondary N) is 1. The number of carbonyl (C=O) groups excluding carboxylic acids is 2. The van der Waals surface area contributed by atoms with Crippen LogP contribution in [0.3, 0.4) is 0 Å². The van der Waals surface area contributed by atoms with Gasteiger partial charge in [-0.25, -0.2) is 4.79 Å². The molecule has 4 nitrogen and oxygen atoms in total. The molecule has 0 bridgehead atoms. The molecule has 0 unspecified atom stereocenters. The summed E-state index contributed by atoms with van der Waals surface area (Å²) >= 11 is 0. The van der Waals surface area contributed by atoms with Gasteiger partial charge in [0.1, 0.15) is 5.54 Å². The lowest BCUT2D eigenvalue weighted by molar-refractivity contribution is -0.144. The van der Waals surface area contributed by atoms with Gasteiger partial charge in [0.2, 0.25) is 5.91 Å². The Bertz CT molecular complexity index is 202. The van der Waals surface area contributed by atoms with E-state index in [0.717, 1.165) is 0 Å². The van der Waals surface area contributed by atoms with Crippen LogP contribution in [0.25, 0.3) is 0 Å². The molecule has 0 aromatic carbocycles. The quantitative estimate of drug-likeness (QED) is 0.537. The summed E-state index contributed by atoms with van der Waals surface area (Å²) in [4.78, 5) is 21.6. The van der Waals surface area contributed by atoms with Crippen molar-refractivity contribution in [2.75, 3.05) is 6.61 Å². The summed E-state index contributed by atoms with van der Waals surface area (Å²) in [6.45, 7) is 3.45. The van der Waals surface area contributed by atoms with Crippen molar-refractivity contribution in [3.05, 3.63) is 0 Å². The first-order valence-corrected chi connectivity index (χ1v) is 3.50. The molecule has 1 aliphatic rings. The summed E-state index contributed by atoms with van der Waals surface area (Å²) in [5, 5.41) is 2.55. The van der Waals surface area contributed by atoms with Crippen molar-refractivity contribution in [3.63, 3.8) is 0 Å². The van der Waals surface area contributed by atoms with Crippen LogP contribution in [0.2, 0.25) is 0 Å². The smallest absolute Gasteiger partial charge is 0.331 e. The maximum absolute atomic E-state index is 11.0. The second-order valence-corrected chi connectivity index (χ2v) is 2.90. The van der Waals surface area contributed by atoms with E-state index in [4.69, 9.17) is 4.74 Å². The summed E-state index contributed by atoms with van der Waals surface area (Å²) < 4.78 is 4.72. The molecule has 0 spiro atoms. The summed E-state index contributed by atoms with van der Waals surface area (Å²) in [6.07, 6.45) is 0.561. The molecular weight excluding hydrogens is 146 g/mol. The monoisotopic (exact) mass is 157 g/mol. The van der Waals surface area contributed by atoms with Crippen LogP contribution >= 0.6 is 0 Å². The minimum atomic E-state index is -0.786. The topological polar surface area (TPSA) is 55.4 Å². The first-order chi connectivity index (χ1) is 5.04. The first-order valence-electron chi connectivity index (χ1n) is 3.50. The molecule has 0 saturated carbocycles. The molecule has 1 fully saturated rings. The van der Waals surface area contributed by atoms with E-state index in [-0.39, 0.29) is 11.9 Å². The highest BCUT2D eigenvalue weighted by atomic mass is 16.5. The number of rotatable bonds is 1. The Labute approximate surface area is 64.9 Å². The number of carbonyl (C=O) groups is 2. The van der Waals surface area contributed by atoms with E-state index in [1.807, 2.05) is 0 Å².